The molecule has 1 aliphatic rings. The van der Waals surface area contributed by atoms with E-state index in [1.165, 1.54) is 0 Å². The van der Waals surface area contributed by atoms with E-state index < -0.39 is 18.1 Å². The Morgan fingerprint density at radius 1 is 1.18 bits per heavy atom. The lowest BCUT2D eigenvalue weighted by atomic mass is 9.93. The summed E-state index contributed by atoms with van der Waals surface area (Å²) in [5.41, 5.74) is 4.20. The minimum absolute atomic E-state index is 0.0152. The molecule has 6 nitrogen and oxygen atoms in total. The van der Waals surface area contributed by atoms with Crippen LogP contribution in [0.4, 0.5) is 0 Å². The van der Waals surface area contributed by atoms with Crippen molar-refractivity contribution in [2.45, 2.75) is 45.8 Å². The van der Waals surface area contributed by atoms with Gasteiger partial charge in [-0.05, 0) is 61.3 Å². The van der Waals surface area contributed by atoms with E-state index in [2.05, 4.69) is 0 Å². The van der Waals surface area contributed by atoms with Crippen LogP contribution in [-0.4, -0.2) is 40.4 Å². The third kappa shape index (κ3) is 5.18. The van der Waals surface area contributed by atoms with Crippen molar-refractivity contribution in [3.05, 3.63) is 70.1 Å². The Kier molecular flexibility index (Phi) is 6.96. The Hall–Kier alpha value is -2.96. The number of likely N-dealkylation sites (tertiary alicyclic amines) is 1. The van der Waals surface area contributed by atoms with Gasteiger partial charge in [0, 0.05) is 30.1 Å². The van der Waals surface area contributed by atoms with Gasteiger partial charge in [-0.1, -0.05) is 43.3 Å². The van der Waals surface area contributed by atoms with Crippen molar-refractivity contribution >= 4 is 16.9 Å². The molecule has 0 aliphatic carbocycles. The number of nitrogens with zero attached hydrogens (tertiary/aromatic N) is 1. The van der Waals surface area contributed by atoms with Gasteiger partial charge >= 0.3 is 11.6 Å². The topological polar surface area (TPSA) is 91.0 Å². The summed E-state index contributed by atoms with van der Waals surface area (Å²) in [6.45, 7) is 5.13. The van der Waals surface area contributed by atoms with E-state index in [0.717, 1.165) is 53.4 Å². The average molecular weight is 450 g/mol. The van der Waals surface area contributed by atoms with Crippen molar-refractivity contribution < 1.29 is 19.4 Å². The number of fused-ring (bicyclic) bond motifs is 1. The molecular weight excluding hydrogens is 418 g/mol. The molecule has 33 heavy (non-hydrogen) atoms. The van der Waals surface area contributed by atoms with E-state index in [0.29, 0.717) is 18.5 Å². The number of hydrogen-bond acceptors (Lipinski definition) is 5. The predicted molar refractivity (Wildman–Crippen MR) is 128 cm³/mol. The standard InChI is InChI=1S/C27H31NO5/c1-17-6-3-4-8-21(17)23-15-25(29)33-24-14-19(11-12-22(23)24)10-9-18(2)26(30)28-13-5-7-20(16-28)27(31)32/h3-4,6,8,11-12,14-15,18,20,26,30H,5,7,9-10,13,16H2,1-2H3,(H,31,32)/t18-,20-,26?/m0/s1. The van der Waals surface area contributed by atoms with Gasteiger partial charge in [-0.15, -0.1) is 0 Å². The van der Waals surface area contributed by atoms with Crippen LogP contribution in [0.3, 0.4) is 0 Å². The molecule has 2 heterocycles. The molecule has 2 aromatic carbocycles. The minimum atomic E-state index is -0.790. The molecule has 1 aromatic heterocycles. The maximum absolute atomic E-state index is 12.3. The molecule has 3 atom stereocenters. The van der Waals surface area contributed by atoms with Crippen LogP contribution in [0, 0.1) is 18.8 Å². The number of rotatable bonds is 7. The monoisotopic (exact) mass is 449 g/mol. The summed E-state index contributed by atoms with van der Waals surface area (Å²) in [5, 5.41) is 21.0. The maximum atomic E-state index is 12.3. The van der Waals surface area contributed by atoms with Gasteiger partial charge in [0.15, 0.2) is 0 Å². The third-order valence-electron chi connectivity index (χ3n) is 6.82. The summed E-state index contributed by atoms with van der Waals surface area (Å²) in [6, 6.07) is 15.5. The lowest BCUT2D eigenvalue weighted by Gasteiger charge is -2.36. The molecule has 3 aromatic rings. The molecule has 1 unspecified atom stereocenters. The highest BCUT2D eigenvalue weighted by Crippen LogP contribution is 2.31. The second-order valence-corrected chi connectivity index (χ2v) is 9.23. The molecule has 0 saturated carbocycles. The van der Waals surface area contributed by atoms with Gasteiger partial charge in [-0.2, -0.15) is 0 Å². The highest BCUT2D eigenvalue weighted by Gasteiger charge is 2.30. The SMILES string of the molecule is Cc1ccccc1-c1cc(=O)oc2cc(CC[C@H](C)C(O)N3CCC[C@H](C(=O)O)C3)ccc12. The first-order valence-corrected chi connectivity index (χ1v) is 11.6. The number of hydrogen-bond donors (Lipinski definition) is 2. The second kappa shape index (κ2) is 9.89. The summed E-state index contributed by atoms with van der Waals surface area (Å²) in [6.07, 6.45) is 2.25. The lowest BCUT2D eigenvalue weighted by molar-refractivity contribution is -0.146. The summed E-state index contributed by atoms with van der Waals surface area (Å²) < 4.78 is 5.52. The summed E-state index contributed by atoms with van der Waals surface area (Å²) in [4.78, 5) is 25.5. The Morgan fingerprint density at radius 3 is 2.73 bits per heavy atom. The first-order chi connectivity index (χ1) is 15.8. The van der Waals surface area contributed by atoms with Gasteiger partial charge in [0.2, 0.25) is 0 Å². The summed E-state index contributed by atoms with van der Waals surface area (Å²) in [5.74, 6) is -1.22. The van der Waals surface area contributed by atoms with Crippen molar-refractivity contribution in [1.29, 1.82) is 0 Å². The quantitative estimate of drug-likeness (QED) is 0.518. The van der Waals surface area contributed by atoms with Crippen LogP contribution in [0.5, 0.6) is 0 Å². The van der Waals surface area contributed by atoms with Gasteiger partial charge in [0.1, 0.15) is 11.8 Å². The van der Waals surface area contributed by atoms with Crippen molar-refractivity contribution in [2.75, 3.05) is 13.1 Å². The van der Waals surface area contributed by atoms with Gasteiger partial charge in [-0.25, -0.2) is 4.79 Å². The molecule has 174 valence electrons. The first kappa shape index (κ1) is 23.2. The number of aryl methyl sites for hydroxylation is 2. The van der Waals surface area contributed by atoms with E-state index in [9.17, 15) is 19.8 Å². The Labute approximate surface area is 193 Å². The predicted octanol–water partition coefficient (Wildman–Crippen LogP) is 4.45. The molecule has 0 radical (unpaired) electrons. The first-order valence-electron chi connectivity index (χ1n) is 11.6. The van der Waals surface area contributed by atoms with Crippen LogP contribution in [0.25, 0.3) is 22.1 Å². The van der Waals surface area contributed by atoms with Crippen LogP contribution in [0.15, 0.2) is 57.7 Å². The van der Waals surface area contributed by atoms with Gasteiger partial charge in [0.05, 0.1) is 5.92 Å². The number of benzene rings is 2. The number of aliphatic hydroxyl groups excluding tert-OH is 1. The number of aliphatic hydroxyl groups is 1. The van der Waals surface area contributed by atoms with E-state index in [1.807, 2.05) is 61.2 Å². The lowest BCUT2D eigenvalue weighted by Crippen LogP contribution is -2.47. The fraction of sp³-hybridized carbons (Fsp3) is 0.407. The number of carboxylic acids is 1. The number of aliphatic carboxylic acids is 1. The van der Waals surface area contributed by atoms with E-state index >= 15 is 0 Å². The average Bonchev–Trinajstić information content (AvgIpc) is 2.81. The molecule has 1 fully saturated rings. The second-order valence-electron chi connectivity index (χ2n) is 9.23. The van der Waals surface area contributed by atoms with E-state index in [1.54, 1.807) is 6.07 Å². The summed E-state index contributed by atoms with van der Waals surface area (Å²) >= 11 is 0. The van der Waals surface area contributed by atoms with E-state index in [-0.39, 0.29) is 11.5 Å². The highest BCUT2D eigenvalue weighted by atomic mass is 16.4. The number of piperidine rings is 1. The highest BCUT2D eigenvalue weighted by molar-refractivity contribution is 5.94. The van der Waals surface area contributed by atoms with Crippen molar-refractivity contribution in [3.8, 4) is 11.1 Å². The largest absolute Gasteiger partial charge is 0.481 e. The number of carbonyl (C=O) groups is 1. The molecule has 0 amide bonds. The molecule has 6 heteroatoms. The third-order valence-corrected chi connectivity index (χ3v) is 6.82. The van der Waals surface area contributed by atoms with Gasteiger partial charge in [-0.3, -0.25) is 9.69 Å². The fourth-order valence-corrected chi connectivity index (χ4v) is 4.81. The minimum Gasteiger partial charge on any atom is -0.481 e. The maximum Gasteiger partial charge on any atom is 0.336 e. The fourth-order valence-electron chi connectivity index (χ4n) is 4.81. The molecule has 1 saturated heterocycles. The Balaban J connectivity index is 1.49. The zero-order valence-corrected chi connectivity index (χ0v) is 19.2. The smallest absolute Gasteiger partial charge is 0.336 e. The van der Waals surface area contributed by atoms with Crippen molar-refractivity contribution in [2.24, 2.45) is 11.8 Å². The Morgan fingerprint density at radius 2 is 1.97 bits per heavy atom. The molecular formula is C27H31NO5. The molecule has 2 N–H and O–H groups in total. The summed E-state index contributed by atoms with van der Waals surface area (Å²) in [7, 11) is 0. The normalized spacial score (nSPS) is 18.8. The van der Waals surface area contributed by atoms with Crippen LogP contribution in [-0.2, 0) is 11.2 Å². The van der Waals surface area contributed by atoms with Gasteiger partial charge in [0.25, 0.3) is 0 Å². The van der Waals surface area contributed by atoms with Crippen LogP contribution in [0.2, 0.25) is 0 Å². The number of carboxylic acid groups (broad SMARTS) is 1. The van der Waals surface area contributed by atoms with Crippen molar-refractivity contribution in [1.82, 2.24) is 4.90 Å². The molecule has 4 rings (SSSR count). The Bertz CT molecular complexity index is 1200. The van der Waals surface area contributed by atoms with Crippen LogP contribution < -0.4 is 5.63 Å². The van der Waals surface area contributed by atoms with Crippen molar-refractivity contribution in [3.63, 3.8) is 0 Å². The van der Waals surface area contributed by atoms with Crippen LogP contribution >= 0.6 is 0 Å². The van der Waals surface area contributed by atoms with Gasteiger partial charge < -0.3 is 14.6 Å². The molecule has 0 spiro atoms. The zero-order chi connectivity index (χ0) is 23.5. The molecule has 0 bridgehead atoms. The van der Waals surface area contributed by atoms with Crippen LogP contribution in [0.1, 0.15) is 37.3 Å². The van der Waals surface area contributed by atoms with E-state index in [4.69, 9.17) is 4.42 Å². The molecule has 1 aliphatic heterocycles. The zero-order valence-electron chi connectivity index (χ0n) is 19.2.